The monoisotopic (exact) mass is 213 g/mol. The van der Waals surface area contributed by atoms with Gasteiger partial charge in [0.05, 0.1) is 18.2 Å². The highest BCUT2D eigenvalue weighted by molar-refractivity contribution is 4.79. The van der Waals surface area contributed by atoms with Crippen LogP contribution in [0, 0.1) is 0 Å². The van der Waals surface area contributed by atoms with Crippen LogP contribution in [0.2, 0.25) is 0 Å². The molecule has 0 aromatic carbocycles. The van der Waals surface area contributed by atoms with Gasteiger partial charge >= 0.3 is 0 Å². The largest absolute Gasteiger partial charge is 0.390 e. The fourth-order valence-corrected chi connectivity index (χ4v) is 1.23. The van der Waals surface area contributed by atoms with E-state index in [1.165, 1.54) is 0 Å². The van der Waals surface area contributed by atoms with Crippen molar-refractivity contribution in [3.63, 3.8) is 0 Å². The molecule has 0 bridgehead atoms. The summed E-state index contributed by atoms with van der Waals surface area (Å²) in [5.41, 5.74) is -0.745. The Labute approximate surface area is 89.7 Å². The highest BCUT2D eigenvalue weighted by Gasteiger charge is 2.12. The lowest BCUT2D eigenvalue weighted by Gasteiger charge is -2.19. The predicted molar refractivity (Wildman–Crippen MR) is 57.4 cm³/mol. The van der Waals surface area contributed by atoms with E-state index in [1.807, 2.05) is 6.07 Å². The van der Waals surface area contributed by atoms with Crippen molar-refractivity contribution in [2.24, 2.45) is 0 Å². The Bertz CT molecular complexity index is 267. The molecule has 1 heterocycles. The van der Waals surface area contributed by atoms with Crippen molar-refractivity contribution in [1.82, 2.24) is 15.1 Å². The van der Waals surface area contributed by atoms with Gasteiger partial charge in [0.2, 0.25) is 0 Å². The van der Waals surface area contributed by atoms with E-state index in [2.05, 4.69) is 10.4 Å². The molecule has 0 spiro atoms. The Kier molecular flexibility index (Phi) is 4.26. The molecule has 86 valence electrons. The first-order valence-corrected chi connectivity index (χ1v) is 5.06. The van der Waals surface area contributed by atoms with E-state index < -0.39 is 11.7 Å². The molecule has 3 N–H and O–H groups in total. The second-order valence-electron chi connectivity index (χ2n) is 4.33. The zero-order chi connectivity index (χ0) is 11.3. The van der Waals surface area contributed by atoms with Crippen molar-refractivity contribution in [3.05, 3.63) is 18.5 Å². The van der Waals surface area contributed by atoms with Crippen LogP contribution in [-0.4, -0.2) is 44.8 Å². The average molecular weight is 213 g/mol. The van der Waals surface area contributed by atoms with Gasteiger partial charge in [0.15, 0.2) is 0 Å². The Morgan fingerprint density at radius 1 is 1.53 bits per heavy atom. The quantitative estimate of drug-likeness (QED) is 0.601. The van der Waals surface area contributed by atoms with Gasteiger partial charge in [0.1, 0.15) is 0 Å². The van der Waals surface area contributed by atoms with Gasteiger partial charge in [-0.05, 0) is 19.9 Å². The average Bonchev–Trinajstić information content (AvgIpc) is 2.54. The smallest absolute Gasteiger partial charge is 0.0860 e. The SMILES string of the molecule is CC(C)(O)CNCC(O)Cn1cccn1. The molecular weight excluding hydrogens is 194 g/mol. The van der Waals surface area contributed by atoms with E-state index in [0.29, 0.717) is 19.6 Å². The summed E-state index contributed by atoms with van der Waals surface area (Å²) >= 11 is 0. The lowest BCUT2D eigenvalue weighted by Crippen LogP contribution is -2.39. The molecule has 5 heteroatoms. The summed E-state index contributed by atoms with van der Waals surface area (Å²) < 4.78 is 1.68. The van der Waals surface area contributed by atoms with Gasteiger partial charge in [-0.1, -0.05) is 0 Å². The molecule has 0 aliphatic carbocycles. The molecule has 1 rings (SSSR count). The zero-order valence-corrected chi connectivity index (χ0v) is 9.22. The number of hydrogen-bond acceptors (Lipinski definition) is 4. The number of aromatic nitrogens is 2. The van der Waals surface area contributed by atoms with Crippen molar-refractivity contribution in [2.45, 2.75) is 32.1 Å². The fourth-order valence-electron chi connectivity index (χ4n) is 1.23. The number of nitrogens with zero attached hydrogens (tertiary/aromatic N) is 2. The third kappa shape index (κ3) is 5.51. The van der Waals surface area contributed by atoms with Crippen LogP contribution in [-0.2, 0) is 6.54 Å². The molecule has 1 unspecified atom stereocenters. The first kappa shape index (κ1) is 12.2. The molecule has 5 nitrogen and oxygen atoms in total. The van der Waals surface area contributed by atoms with Crippen molar-refractivity contribution >= 4 is 0 Å². The van der Waals surface area contributed by atoms with E-state index in [-0.39, 0.29) is 0 Å². The number of aliphatic hydroxyl groups is 2. The minimum Gasteiger partial charge on any atom is -0.390 e. The number of rotatable bonds is 6. The van der Waals surface area contributed by atoms with Crippen LogP contribution in [0.4, 0.5) is 0 Å². The van der Waals surface area contributed by atoms with Crippen molar-refractivity contribution in [2.75, 3.05) is 13.1 Å². The summed E-state index contributed by atoms with van der Waals surface area (Å²) in [5, 5.41) is 26.0. The number of nitrogens with one attached hydrogen (secondary N) is 1. The maximum atomic E-state index is 9.61. The molecule has 0 fully saturated rings. The van der Waals surface area contributed by atoms with Gasteiger partial charge < -0.3 is 15.5 Å². The van der Waals surface area contributed by atoms with Gasteiger partial charge in [0, 0.05) is 25.5 Å². The molecule has 15 heavy (non-hydrogen) atoms. The minimum atomic E-state index is -0.745. The van der Waals surface area contributed by atoms with Crippen LogP contribution < -0.4 is 5.32 Å². The Hall–Kier alpha value is -0.910. The minimum absolute atomic E-state index is 0.448. The number of aliphatic hydroxyl groups excluding tert-OH is 1. The highest BCUT2D eigenvalue weighted by atomic mass is 16.3. The topological polar surface area (TPSA) is 70.3 Å². The summed E-state index contributed by atoms with van der Waals surface area (Å²) in [7, 11) is 0. The summed E-state index contributed by atoms with van der Waals surface area (Å²) in [6, 6.07) is 1.82. The molecule has 0 radical (unpaired) electrons. The van der Waals surface area contributed by atoms with Crippen LogP contribution in [0.1, 0.15) is 13.8 Å². The zero-order valence-electron chi connectivity index (χ0n) is 9.22. The predicted octanol–water partition coefficient (Wildman–Crippen LogP) is -0.396. The third-order valence-corrected chi connectivity index (χ3v) is 1.89. The van der Waals surface area contributed by atoms with Crippen LogP contribution in [0.15, 0.2) is 18.5 Å². The molecule has 0 aliphatic heterocycles. The third-order valence-electron chi connectivity index (χ3n) is 1.89. The molecule has 0 saturated carbocycles. The van der Waals surface area contributed by atoms with Gasteiger partial charge in [-0.25, -0.2) is 0 Å². The van der Waals surface area contributed by atoms with Gasteiger partial charge in [0.25, 0.3) is 0 Å². The molecule has 0 amide bonds. The summed E-state index contributed by atoms with van der Waals surface area (Å²) in [5.74, 6) is 0. The van der Waals surface area contributed by atoms with Crippen molar-refractivity contribution in [1.29, 1.82) is 0 Å². The summed E-state index contributed by atoms with van der Waals surface area (Å²) in [4.78, 5) is 0. The Morgan fingerprint density at radius 3 is 2.80 bits per heavy atom. The van der Waals surface area contributed by atoms with E-state index in [1.54, 1.807) is 30.9 Å². The summed E-state index contributed by atoms with van der Waals surface area (Å²) in [6.45, 7) is 4.82. The first-order chi connectivity index (χ1) is 6.97. The van der Waals surface area contributed by atoms with Crippen LogP contribution in [0.25, 0.3) is 0 Å². The van der Waals surface area contributed by atoms with E-state index in [0.717, 1.165) is 0 Å². The lowest BCUT2D eigenvalue weighted by atomic mass is 10.1. The van der Waals surface area contributed by atoms with Gasteiger partial charge in [-0.15, -0.1) is 0 Å². The van der Waals surface area contributed by atoms with Crippen LogP contribution >= 0.6 is 0 Å². The van der Waals surface area contributed by atoms with E-state index in [4.69, 9.17) is 0 Å². The van der Waals surface area contributed by atoms with Crippen LogP contribution in [0.3, 0.4) is 0 Å². The van der Waals surface area contributed by atoms with Crippen molar-refractivity contribution < 1.29 is 10.2 Å². The Morgan fingerprint density at radius 2 is 2.27 bits per heavy atom. The first-order valence-electron chi connectivity index (χ1n) is 5.06. The molecule has 0 saturated heterocycles. The molecule has 1 aromatic rings. The molecule has 1 aromatic heterocycles. The Balaban J connectivity index is 2.17. The maximum absolute atomic E-state index is 9.61. The normalized spacial score (nSPS) is 14.1. The lowest BCUT2D eigenvalue weighted by molar-refractivity contribution is 0.0721. The van der Waals surface area contributed by atoms with Gasteiger partial charge in [-0.2, -0.15) is 5.10 Å². The number of hydrogen-bond donors (Lipinski definition) is 3. The molecular formula is C10H19N3O2. The van der Waals surface area contributed by atoms with Gasteiger partial charge in [-0.3, -0.25) is 4.68 Å². The van der Waals surface area contributed by atoms with Crippen LogP contribution in [0.5, 0.6) is 0 Å². The van der Waals surface area contributed by atoms with Crippen molar-refractivity contribution in [3.8, 4) is 0 Å². The van der Waals surface area contributed by atoms with E-state index in [9.17, 15) is 10.2 Å². The fraction of sp³-hybridized carbons (Fsp3) is 0.700. The molecule has 0 aliphatic rings. The maximum Gasteiger partial charge on any atom is 0.0860 e. The van der Waals surface area contributed by atoms with E-state index >= 15 is 0 Å². The second kappa shape index (κ2) is 5.25. The second-order valence-corrected chi connectivity index (χ2v) is 4.33. The molecule has 1 atom stereocenters. The summed E-state index contributed by atoms with van der Waals surface area (Å²) in [6.07, 6.45) is 2.99. The standard InChI is InChI=1S/C10H19N3O2/c1-10(2,15)8-11-6-9(14)7-13-5-3-4-12-13/h3-5,9,11,14-15H,6-8H2,1-2H3. The highest BCUT2D eigenvalue weighted by Crippen LogP contribution is 1.97.